The Bertz CT molecular complexity index is 396. The molecule has 96 valence electrons. The summed E-state index contributed by atoms with van der Waals surface area (Å²) >= 11 is 6.06. The van der Waals surface area contributed by atoms with E-state index >= 15 is 0 Å². The number of nitrogen functional groups attached to an aromatic ring is 1. The SMILES string of the molecule is CC(C)(C)CC(C)(C)Nc1ncnc(N)c1Cl. The van der Waals surface area contributed by atoms with Crippen LogP contribution in [0.3, 0.4) is 0 Å². The summed E-state index contributed by atoms with van der Waals surface area (Å²) in [6, 6.07) is 0. The number of nitrogens with one attached hydrogen (secondary N) is 1. The normalized spacial score (nSPS) is 12.6. The number of nitrogens with zero attached hydrogens (tertiary/aromatic N) is 2. The van der Waals surface area contributed by atoms with Crippen molar-refractivity contribution in [3.63, 3.8) is 0 Å². The fourth-order valence-corrected chi connectivity index (χ4v) is 2.31. The third-order valence-corrected chi connectivity index (χ3v) is 2.62. The minimum absolute atomic E-state index is 0.108. The second kappa shape index (κ2) is 4.69. The highest BCUT2D eigenvalue weighted by Gasteiger charge is 2.26. The number of hydrogen-bond donors (Lipinski definition) is 2. The average molecular weight is 257 g/mol. The van der Waals surface area contributed by atoms with Gasteiger partial charge in [0, 0.05) is 5.54 Å². The summed E-state index contributed by atoms with van der Waals surface area (Å²) in [5.41, 5.74) is 5.76. The van der Waals surface area contributed by atoms with Gasteiger partial charge in [0.05, 0.1) is 0 Å². The van der Waals surface area contributed by atoms with Gasteiger partial charge >= 0.3 is 0 Å². The van der Waals surface area contributed by atoms with Crippen LogP contribution >= 0.6 is 11.6 Å². The molecule has 0 unspecified atom stereocenters. The highest BCUT2D eigenvalue weighted by atomic mass is 35.5. The van der Waals surface area contributed by atoms with Gasteiger partial charge in [-0.2, -0.15) is 0 Å². The summed E-state index contributed by atoms with van der Waals surface area (Å²) in [4.78, 5) is 7.96. The lowest BCUT2D eigenvalue weighted by molar-refractivity contribution is 0.302. The van der Waals surface area contributed by atoms with Gasteiger partial charge in [0.1, 0.15) is 17.2 Å². The molecule has 0 fully saturated rings. The Morgan fingerprint density at radius 3 is 2.35 bits per heavy atom. The van der Waals surface area contributed by atoms with E-state index in [0.717, 1.165) is 6.42 Å². The van der Waals surface area contributed by atoms with Crippen LogP contribution in [0, 0.1) is 5.41 Å². The molecular formula is C12H21ClN4. The average Bonchev–Trinajstić information content (AvgIpc) is 2.08. The highest BCUT2D eigenvalue weighted by molar-refractivity contribution is 6.35. The van der Waals surface area contributed by atoms with Crippen LogP contribution in [0.2, 0.25) is 5.02 Å². The first-order valence-corrected chi connectivity index (χ1v) is 6.03. The molecule has 0 aliphatic carbocycles. The summed E-state index contributed by atoms with van der Waals surface area (Å²) in [6.45, 7) is 10.8. The molecule has 3 N–H and O–H groups in total. The predicted molar refractivity (Wildman–Crippen MR) is 73.2 cm³/mol. The van der Waals surface area contributed by atoms with E-state index < -0.39 is 0 Å². The molecule has 0 saturated heterocycles. The summed E-state index contributed by atoms with van der Waals surface area (Å²) in [7, 11) is 0. The summed E-state index contributed by atoms with van der Waals surface area (Å²) in [5.74, 6) is 0.893. The topological polar surface area (TPSA) is 63.8 Å². The molecular weight excluding hydrogens is 236 g/mol. The van der Waals surface area contributed by atoms with Crippen LogP contribution < -0.4 is 11.1 Å². The van der Waals surface area contributed by atoms with Crippen LogP contribution in [0.15, 0.2) is 6.33 Å². The van der Waals surface area contributed by atoms with Crippen LogP contribution in [0.1, 0.15) is 41.0 Å². The van der Waals surface area contributed by atoms with E-state index in [1.807, 2.05) is 0 Å². The Kier molecular flexibility index (Phi) is 3.87. The molecule has 0 aliphatic rings. The molecule has 0 saturated carbocycles. The van der Waals surface area contributed by atoms with Crippen molar-refractivity contribution in [3.05, 3.63) is 11.3 Å². The first kappa shape index (κ1) is 14.0. The van der Waals surface area contributed by atoms with Crippen molar-refractivity contribution >= 4 is 23.2 Å². The zero-order chi connectivity index (χ0) is 13.3. The summed E-state index contributed by atoms with van der Waals surface area (Å²) < 4.78 is 0. The number of halogens is 1. The van der Waals surface area contributed by atoms with Crippen molar-refractivity contribution in [2.24, 2.45) is 5.41 Å². The molecule has 1 aromatic heterocycles. The van der Waals surface area contributed by atoms with E-state index in [0.29, 0.717) is 16.7 Å². The molecule has 1 heterocycles. The predicted octanol–water partition coefficient (Wildman–Crippen LogP) is 3.34. The maximum atomic E-state index is 6.06. The Morgan fingerprint density at radius 2 is 1.82 bits per heavy atom. The number of rotatable bonds is 3. The fourth-order valence-electron chi connectivity index (χ4n) is 2.16. The number of nitrogens with two attached hydrogens (primary N) is 1. The first-order chi connectivity index (χ1) is 7.61. The van der Waals surface area contributed by atoms with E-state index in [1.165, 1.54) is 6.33 Å². The van der Waals surface area contributed by atoms with E-state index in [9.17, 15) is 0 Å². The Hall–Kier alpha value is -1.03. The van der Waals surface area contributed by atoms with E-state index in [2.05, 4.69) is 49.9 Å². The lowest BCUT2D eigenvalue weighted by atomic mass is 9.82. The van der Waals surface area contributed by atoms with Crippen molar-refractivity contribution in [1.82, 2.24) is 9.97 Å². The summed E-state index contributed by atoms with van der Waals surface area (Å²) in [5, 5.41) is 3.70. The largest absolute Gasteiger partial charge is 0.382 e. The van der Waals surface area contributed by atoms with Gasteiger partial charge in [0.25, 0.3) is 0 Å². The molecule has 0 atom stereocenters. The van der Waals surface area contributed by atoms with Crippen molar-refractivity contribution in [2.75, 3.05) is 11.1 Å². The first-order valence-electron chi connectivity index (χ1n) is 5.65. The summed E-state index contributed by atoms with van der Waals surface area (Å²) in [6.07, 6.45) is 2.40. The number of hydrogen-bond acceptors (Lipinski definition) is 4. The minimum Gasteiger partial charge on any atom is -0.382 e. The molecule has 5 heteroatoms. The molecule has 17 heavy (non-hydrogen) atoms. The molecule has 0 amide bonds. The molecule has 0 aliphatic heterocycles. The maximum Gasteiger partial charge on any atom is 0.150 e. The Labute approximate surface area is 108 Å². The van der Waals surface area contributed by atoms with Gasteiger partial charge in [-0.15, -0.1) is 0 Å². The van der Waals surface area contributed by atoms with E-state index in [1.54, 1.807) is 0 Å². The minimum atomic E-state index is -0.108. The number of anilines is 2. The van der Waals surface area contributed by atoms with Crippen molar-refractivity contribution in [1.29, 1.82) is 0 Å². The van der Waals surface area contributed by atoms with Crippen LogP contribution in [0.5, 0.6) is 0 Å². The molecule has 0 radical (unpaired) electrons. The van der Waals surface area contributed by atoms with E-state index in [-0.39, 0.29) is 11.0 Å². The van der Waals surface area contributed by atoms with Gasteiger partial charge in [-0.05, 0) is 25.7 Å². The molecule has 1 rings (SSSR count). The van der Waals surface area contributed by atoms with Gasteiger partial charge in [-0.3, -0.25) is 0 Å². The van der Waals surface area contributed by atoms with Crippen LogP contribution in [0.25, 0.3) is 0 Å². The standard InChI is InChI=1S/C12H21ClN4/c1-11(2,3)6-12(4,5)17-10-8(13)9(14)15-7-16-10/h7H,6H2,1-5H3,(H3,14,15,16,17). The van der Waals surface area contributed by atoms with Crippen molar-refractivity contribution in [2.45, 2.75) is 46.6 Å². The van der Waals surface area contributed by atoms with Gasteiger partial charge in [0.15, 0.2) is 5.82 Å². The Balaban J connectivity index is 2.87. The third kappa shape index (κ3) is 4.38. The quantitative estimate of drug-likeness (QED) is 0.871. The lowest BCUT2D eigenvalue weighted by Gasteiger charge is -2.34. The molecule has 0 bridgehead atoms. The monoisotopic (exact) mass is 256 g/mol. The van der Waals surface area contributed by atoms with Gasteiger partial charge in [0.2, 0.25) is 0 Å². The molecule has 0 aromatic carbocycles. The van der Waals surface area contributed by atoms with Crippen LogP contribution in [-0.4, -0.2) is 15.5 Å². The molecule has 4 nitrogen and oxygen atoms in total. The highest BCUT2D eigenvalue weighted by Crippen LogP contribution is 2.32. The Morgan fingerprint density at radius 1 is 1.24 bits per heavy atom. The second-order valence-electron chi connectivity index (χ2n) is 6.17. The number of aromatic nitrogens is 2. The molecule has 0 spiro atoms. The zero-order valence-corrected chi connectivity index (χ0v) is 11.9. The van der Waals surface area contributed by atoms with Crippen molar-refractivity contribution < 1.29 is 0 Å². The van der Waals surface area contributed by atoms with Gasteiger partial charge < -0.3 is 11.1 Å². The van der Waals surface area contributed by atoms with Crippen molar-refractivity contribution in [3.8, 4) is 0 Å². The van der Waals surface area contributed by atoms with Gasteiger partial charge in [-0.25, -0.2) is 9.97 Å². The van der Waals surface area contributed by atoms with Crippen LogP contribution in [0.4, 0.5) is 11.6 Å². The van der Waals surface area contributed by atoms with Crippen LogP contribution in [-0.2, 0) is 0 Å². The smallest absolute Gasteiger partial charge is 0.150 e. The third-order valence-electron chi connectivity index (χ3n) is 2.25. The maximum absolute atomic E-state index is 6.06. The fraction of sp³-hybridized carbons (Fsp3) is 0.667. The second-order valence-corrected chi connectivity index (χ2v) is 6.55. The van der Waals surface area contributed by atoms with E-state index in [4.69, 9.17) is 17.3 Å². The zero-order valence-electron chi connectivity index (χ0n) is 11.1. The lowest BCUT2D eigenvalue weighted by Crippen LogP contribution is -2.35. The molecule has 1 aromatic rings. The van der Waals surface area contributed by atoms with Gasteiger partial charge in [-0.1, -0.05) is 32.4 Å².